The van der Waals surface area contributed by atoms with Gasteiger partial charge in [-0.1, -0.05) is 0 Å². The molecule has 0 aliphatic rings. The lowest BCUT2D eigenvalue weighted by atomic mass is 9.82. The molecule has 0 rings (SSSR count). The van der Waals surface area contributed by atoms with Gasteiger partial charge in [-0.2, -0.15) is 57.1 Å². The van der Waals surface area contributed by atoms with E-state index in [2.05, 4.69) is 4.74 Å². The molecule has 0 aromatic rings. The third-order valence-electron chi connectivity index (χ3n) is 5.32. The van der Waals surface area contributed by atoms with Gasteiger partial charge in [0.05, 0.1) is 39.2 Å². The van der Waals surface area contributed by atoms with Crippen LogP contribution in [-0.2, 0) is 14.3 Å². The molecule has 37 heavy (non-hydrogen) atoms. The molecule has 2 N–H and O–H groups in total. The molecule has 20 heteroatoms. The summed E-state index contributed by atoms with van der Waals surface area (Å²) in [6.45, 7) is -5.04. The fourth-order valence-corrected chi connectivity index (χ4v) is 3.23. The number of quaternary nitrogens is 1. The lowest BCUT2D eigenvalue weighted by Crippen LogP contribution is -2.73. The minimum Gasteiger partial charge on any atom is -0.544 e. The van der Waals surface area contributed by atoms with Gasteiger partial charge >= 0.3 is 41.8 Å². The number of halogens is 13. The molecule has 0 aliphatic carbocycles. The number of ether oxygens (including phenoxy) is 1. The number of alkyl halides is 13. The molecule has 0 aromatic carbocycles. The van der Waals surface area contributed by atoms with Crippen LogP contribution in [0.5, 0.6) is 0 Å². The molecule has 0 fully saturated rings. The Hall–Kier alpha value is -2.09. The van der Waals surface area contributed by atoms with Crippen LogP contribution in [0.15, 0.2) is 0 Å². The number of aliphatic carboxylic acids is 1. The second-order valence-electron chi connectivity index (χ2n) is 8.34. The Morgan fingerprint density at radius 3 is 1.49 bits per heavy atom. The van der Waals surface area contributed by atoms with Crippen LogP contribution in [0.1, 0.15) is 6.92 Å². The first-order chi connectivity index (χ1) is 16.1. The predicted molar refractivity (Wildman–Crippen MR) is 89.8 cm³/mol. The van der Waals surface area contributed by atoms with Crippen molar-refractivity contribution in [2.45, 2.75) is 54.9 Å². The Kier molecular flexibility index (Phi) is 9.99. The summed E-state index contributed by atoms with van der Waals surface area (Å²) in [7, 11) is 1.48. The molecule has 0 aliphatic heterocycles. The number of carboxylic acid groups (broad SMARTS) is 1. The van der Waals surface area contributed by atoms with Gasteiger partial charge in [-0.25, -0.2) is 0 Å². The van der Waals surface area contributed by atoms with Crippen LogP contribution in [0.25, 0.3) is 0 Å². The fraction of sp³-hybridized carbons (Fsp3) is 0.882. The third kappa shape index (κ3) is 5.99. The minimum atomic E-state index is -8.21. The average Bonchev–Trinajstić information content (AvgIpc) is 2.65. The molecule has 3 unspecified atom stereocenters. The number of hydrogen-bond acceptors (Lipinski definition) is 6. The lowest BCUT2D eigenvalue weighted by Gasteiger charge is -2.46. The monoisotopic (exact) mass is 581 g/mol. The van der Waals surface area contributed by atoms with Gasteiger partial charge in [-0.05, 0) is 0 Å². The summed E-state index contributed by atoms with van der Waals surface area (Å²) >= 11 is 0. The average molecular weight is 581 g/mol. The number of carbonyl (C=O) groups excluding carboxylic acids is 2. The van der Waals surface area contributed by atoms with Gasteiger partial charge in [0.2, 0.25) is 0 Å². The van der Waals surface area contributed by atoms with E-state index in [4.69, 9.17) is 0 Å². The molecule has 0 radical (unpaired) electrons. The van der Waals surface area contributed by atoms with Crippen LogP contribution in [0.4, 0.5) is 57.1 Å². The highest BCUT2D eigenvalue weighted by Crippen LogP contribution is 2.61. The number of carbonyl (C=O) groups is 2. The summed E-state index contributed by atoms with van der Waals surface area (Å²) < 4.78 is 179. The first kappa shape index (κ1) is 34.9. The maximum atomic E-state index is 14.8. The highest BCUT2D eigenvalue weighted by molar-refractivity contribution is 5.66. The number of aliphatic hydroxyl groups excluding tert-OH is 2. The highest BCUT2D eigenvalue weighted by atomic mass is 19.4. The number of hydrogen-bond donors (Lipinski definition) is 2. The van der Waals surface area contributed by atoms with Crippen molar-refractivity contribution in [1.82, 2.24) is 0 Å². The van der Waals surface area contributed by atoms with E-state index in [1.165, 1.54) is 0 Å². The summed E-state index contributed by atoms with van der Waals surface area (Å²) in [5.74, 6) is -46.8. The molecule has 0 aromatic heterocycles. The molecule has 0 saturated carbocycles. The first-order valence-electron chi connectivity index (χ1n) is 9.49. The summed E-state index contributed by atoms with van der Waals surface area (Å²) in [4.78, 5) is 22.3. The van der Waals surface area contributed by atoms with Gasteiger partial charge < -0.3 is 29.3 Å². The molecule has 3 atom stereocenters. The fourth-order valence-electron chi connectivity index (χ4n) is 3.23. The standard InChI is InChI=1S/C17H20F13NO6/c1-7(34)37-11(9(6-33)31(2,3)4-10(35)36)8(5-32)12(18,19)13(20,21)14(22,23)15(24,25)16(26,27)17(28,29)30/h8-9,11,32-33H,4-6H2,1-3H3. The van der Waals surface area contributed by atoms with Crippen LogP contribution in [-0.4, -0.2) is 108 Å². The van der Waals surface area contributed by atoms with Crippen molar-refractivity contribution in [3.63, 3.8) is 0 Å². The maximum absolute atomic E-state index is 14.8. The van der Waals surface area contributed by atoms with Crippen molar-refractivity contribution in [3.05, 3.63) is 0 Å². The van der Waals surface area contributed by atoms with E-state index in [1.807, 2.05) is 0 Å². The van der Waals surface area contributed by atoms with E-state index in [1.54, 1.807) is 0 Å². The number of rotatable bonds is 13. The molecule has 0 heterocycles. The third-order valence-corrected chi connectivity index (χ3v) is 5.32. The predicted octanol–water partition coefficient (Wildman–Crippen LogP) is 1.45. The van der Waals surface area contributed by atoms with Crippen LogP contribution in [0.3, 0.4) is 0 Å². The molecule has 0 spiro atoms. The highest BCUT2D eigenvalue weighted by Gasteiger charge is 2.91. The largest absolute Gasteiger partial charge is 0.544 e. The Labute approximate surface area is 199 Å². The molecule has 0 amide bonds. The molecule has 0 saturated heterocycles. The minimum absolute atomic E-state index is 0.373. The van der Waals surface area contributed by atoms with Crippen molar-refractivity contribution >= 4 is 11.9 Å². The normalized spacial score (nSPS) is 17.2. The van der Waals surface area contributed by atoms with E-state index >= 15 is 0 Å². The summed E-state index contributed by atoms with van der Waals surface area (Å²) in [5, 5.41) is 29.7. The maximum Gasteiger partial charge on any atom is 0.460 e. The van der Waals surface area contributed by atoms with Crippen LogP contribution < -0.4 is 5.11 Å². The number of nitrogens with zero attached hydrogens (tertiary/aromatic N) is 1. The second-order valence-corrected chi connectivity index (χ2v) is 8.34. The quantitative estimate of drug-likeness (QED) is 0.194. The van der Waals surface area contributed by atoms with E-state index < -0.39 is 90.0 Å². The molecular formula is C17H20F13NO6. The van der Waals surface area contributed by atoms with E-state index in [9.17, 15) is 82.0 Å². The SMILES string of the molecule is CC(=O)OC(C(CO)C(F)(F)C(F)(F)C(F)(F)C(F)(F)C(F)(F)C(F)(F)F)C(CO)[N+](C)(C)CC(=O)[O-]. The van der Waals surface area contributed by atoms with Gasteiger partial charge in [-0.3, -0.25) is 4.79 Å². The second kappa shape index (κ2) is 10.6. The van der Waals surface area contributed by atoms with Gasteiger partial charge in [0, 0.05) is 6.92 Å². The number of esters is 1. The van der Waals surface area contributed by atoms with Gasteiger partial charge in [0.15, 0.2) is 12.1 Å². The number of likely N-dealkylation sites (N-methyl/N-ethyl adjacent to an activating group) is 1. The molecule has 0 bridgehead atoms. The first-order valence-corrected chi connectivity index (χ1v) is 9.49. The zero-order valence-corrected chi connectivity index (χ0v) is 18.7. The molecule has 7 nitrogen and oxygen atoms in total. The Morgan fingerprint density at radius 2 is 1.19 bits per heavy atom. The van der Waals surface area contributed by atoms with E-state index in [-0.39, 0.29) is 0 Å². The zero-order chi connectivity index (χ0) is 30.2. The molecular weight excluding hydrogens is 561 g/mol. The number of aliphatic hydroxyl groups is 2. The van der Waals surface area contributed by atoms with Crippen molar-refractivity contribution in [3.8, 4) is 0 Å². The Morgan fingerprint density at radius 1 is 0.784 bits per heavy atom. The van der Waals surface area contributed by atoms with Crippen LogP contribution in [0, 0.1) is 5.92 Å². The van der Waals surface area contributed by atoms with Gasteiger partial charge in [0.25, 0.3) is 0 Å². The van der Waals surface area contributed by atoms with E-state index in [0.717, 1.165) is 14.1 Å². The summed E-state index contributed by atoms with van der Waals surface area (Å²) in [5.41, 5.74) is 0. The summed E-state index contributed by atoms with van der Waals surface area (Å²) in [6, 6.07) is -2.36. The molecule has 220 valence electrons. The Bertz CT molecular complexity index is 831. The van der Waals surface area contributed by atoms with Gasteiger partial charge in [-0.15, -0.1) is 0 Å². The van der Waals surface area contributed by atoms with Crippen molar-refractivity contribution in [2.75, 3.05) is 33.9 Å². The van der Waals surface area contributed by atoms with Gasteiger partial charge in [0.1, 0.15) is 6.54 Å². The topological polar surface area (TPSA) is 107 Å². The van der Waals surface area contributed by atoms with Crippen molar-refractivity contribution in [2.24, 2.45) is 5.92 Å². The Balaban J connectivity index is 7.07. The van der Waals surface area contributed by atoms with Crippen molar-refractivity contribution in [1.29, 1.82) is 0 Å². The van der Waals surface area contributed by atoms with Crippen LogP contribution >= 0.6 is 0 Å². The lowest BCUT2D eigenvalue weighted by molar-refractivity contribution is -0.914. The smallest absolute Gasteiger partial charge is 0.460 e. The zero-order valence-electron chi connectivity index (χ0n) is 18.7. The number of carboxylic acids is 1. The summed E-state index contributed by atoms with van der Waals surface area (Å²) in [6.07, 6.45) is -10.8. The van der Waals surface area contributed by atoms with E-state index in [0.29, 0.717) is 6.92 Å². The van der Waals surface area contributed by atoms with Crippen LogP contribution in [0.2, 0.25) is 0 Å². The van der Waals surface area contributed by atoms with Crippen molar-refractivity contribution < 1.29 is 91.2 Å².